The molecule has 0 amide bonds. The van der Waals surface area contributed by atoms with E-state index in [4.69, 9.17) is 9.84 Å². The molecule has 0 saturated carbocycles. The molecule has 1 aromatic carbocycles. The predicted octanol–water partition coefficient (Wildman–Crippen LogP) is 1.57. The molecular weight excluding hydrogens is 180 g/mol. The van der Waals surface area contributed by atoms with E-state index < -0.39 is 0 Å². The van der Waals surface area contributed by atoms with E-state index in [9.17, 15) is 4.79 Å². The van der Waals surface area contributed by atoms with Crippen molar-refractivity contribution in [3.63, 3.8) is 0 Å². The van der Waals surface area contributed by atoms with E-state index in [1.165, 1.54) is 0 Å². The van der Waals surface area contributed by atoms with E-state index in [-0.39, 0.29) is 6.61 Å². The molecule has 1 aromatic rings. The minimum atomic E-state index is 0.130. The van der Waals surface area contributed by atoms with Crippen LogP contribution in [-0.2, 0) is 0 Å². The molecule has 3 heteroatoms. The number of carbonyl (C=O) groups is 1. The maximum absolute atomic E-state index is 10.5. The highest BCUT2D eigenvalue weighted by molar-refractivity contribution is 5.75. The molecule has 0 atom stereocenters. The fourth-order valence-electron chi connectivity index (χ4n) is 1.15. The molecule has 0 saturated heterocycles. The van der Waals surface area contributed by atoms with Crippen LogP contribution in [0.4, 0.5) is 0 Å². The van der Waals surface area contributed by atoms with Crippen molar-refractivity contribution in [1.82, 2.24) is 0 Å². The van der Waals surface area contributed by atoms with Crippen LogP contribution in [0.15, 0.2) is 18.2 Å². The van der Waals surface area contributed by atoms with Crippen LogP contribution in [0.1, 0.15) is 22.3 Å². The fraction of sp³-hybridized carbons (Fsp3) is 0.364. The number of aryl methyl sites for hydroxylation is 1. The molecule has 0 radical (unpaired) electrons. The van der Waals surface area contributed by atoms with Crippen LogP contribution < -0.4 is 4.74 Å². The van der Waals surface area contributed by atoms with Gasteiger partial charge in [-0.15, -0.1) is 0 Å². The van der Waals surface area contributed by atoms with Crippen LogP contribution in [0, 0.1) is 6.92 Å². The van der Waals surface area contributed by atoms with Crippen molar-refractivity contribution in [2.24, 2.45) is 0 Å². The highest BCUT2D eigenvalue weighted by Gasteiger charge is 2.00. The summed E-state index contributed by atoms with van der Waals surface area (Å²) in [5.41, 5.74) is 1.59. The van der Waals surface area contributed by atoms with Crippen molar-refractivity contribution >= 4 is 6.29 Å². The summed E-state index contributed by atoms with van der Waals surface area (Å²) in [6.45, 7) is 2.52. The predicted molar refractivity (Wildman–Crippen MR) is 53.8 cm³/mol. The van der Waals surface area contributed by atoms with E-state index in [2.05, 4.69) is 0 Å². The van der Waals surface area contributed by atoms with Crippen molar-refractivity contribution in [3.05, 3.63) is 29.3 Å². The first-order valence-electron chi connectivity index (χ1n) is 4.57. The molecular formula is C11H14O3. The first kappa shape index (κ1) is 10.7. The SMILES string of the molecule is Cc1cc(C=O)ccc1OCCCO. The Kier molecular flexibility index (Phi) is 4.13. The highest BCUT2D eigenvalue weighted by Crippen LogP contribution is 2.18. The Balaban J connectivity index is 2.64. The Morgan fingerprint density at radius 2 is 2.29 bits per heavy atom. The van der Waals surface area contributed by atoms with E-state index in [1.807, 2.05) is 6.92 Å². The second-order valence-corrected chi connectivity index (χ2v) is 3.07. The molecule has 0 aliphatic heterocycles. The molecule has 0 bridgehead atoms. The van der Waals surface area contributed by atoms with Gasteiger partial charge in [0.15, 0.2) is 0 Å². The lowest BCUT2D eigenvalue weighted by atomic mass is 10.1. The topological polar surface area (TPSA) is 46.5 Å². The molecule has 0 spiro atoms. The molecule has 0 aliphatic rings. The summed E-state index contributed by atoms with van der Waals surface area (Å²) in [5, 5.41) is 8.57. The van der Waals surface area contributed by atoms with Crippen LogP contribution in [0.2, 0.25) is 0 Å². The standard InChI is InChI=1S/C11H14O3/c1-9-7-10(8-13)3-4-11(9)14-6-2-5-12/h3-4,7-8,12H,2,5-6H2,1H3. The zero-order valence-electron chi connectivity index (χ0n) is 8.19. The van der Waals surface area contributed by atoms with E-state index in [0.29, 0.717) is 18.6 Å². The van der Waals surface area contributed by atoms with Gasteiger partial charge in [-0.3, -0.25) is 4.79 Å². The number of hydrogen-bond donors (Lipinski definition) is 1. The van der Waals surface area contributed by atoms with Gasteiger partial charge >= 0.3 is 0 Å². The van der Waals surface area contributed by atoms with E-state index in [0.717, 1.165) is 17.6 Å². The lowest BCUT2D eigenvalue weighted by molar-refractivity contribution is 0.112. The minimum Gasteiger partial charge on any atom is -0.493 e. The van der Waals surface area contributed by atoms with Gasteiger partial charge in [0.25, 0.3) is 0 Å². The second kappa shape index (κ2) is 5.40. The van der Waals surface area contributed by atoms with Gasteiger partial charge in [-0.2, -0.15) is 0 Å². The molecule has 0 heterocycles. The van der Waals surface area contributed by atoms with Gasteiger partial charge in [0, 0.05) is 18.6 Å². The quantitative estimate of drug-likeness (QED) is 0.571. The molecule has 0 unspecified atom stereocenters. The van der Waals surface area contributed by atoms with Gasteiger partial charge in [0.05, 0.1) is 6.61 Å². The Morgan fingerprint density at radius 1 is 1.50 bits per heavy atom. The van der Waals surface area contributed by atoms with Gasteiger partial charge in [0.1, 0.15) is 12.0 Å². The summed E-state index contributed by atoms with van der Waals surface area (Å²) < 4.78 is 5.40. The third-order valence-electron chi connectivity index (χ3n) is 1.90. The summed E-state index contributed by atoms with van der Waals surface area (Å²) in [6.07, 6.45) is 1.43. The highest BCUT2D eigenvalue weighted by atomic mass is 16.5. The molecule has 1 N–H and O–H groups in total. The van der Waals surface area contributed by atoms with Crippen molar-refractivity contribution < 1.29 is 14.6 Å². The maximum Gasteiger partial charge on any atom is 0.150 e. The molecule has 0 aliphatic carbocycles. The van der Waals surface area contributed by atoms with E-state index in [1.54, 1.807) is 18.2 Å². The average Bonchev–Trinajstić information content (AvgIpc) is 2.20. The first-order chi connectivity index (χ1) is 6.77. The zero-order valence-corrected chi connectivity index (χ0v) is 8.19. The number of hydrogen-bond acceptors (Lipinski definition) is 3. The molecule has 0 fully saturated rings. The molecule has 3 nitrogen and oxygen atoms in total. The van der Waals surface area contributed by atoms with Gasteiger partial charge in [-0.25, -0.2) is 0 Å². The third-order valence-corrected chi connectivity index (χ3v) is 1.90. The first-order valence-corrected chi connectivity index (χ1v) is 4.57. The Morgan fingerprint density at radius 3 is 2.86 bits per heavy atom. The Hall–Kier alpha value is -1.35. The summed E-state index contributed by atoms with van der Waals surface area (Å²) in [7, 11) is 0. The Labute approximate surface area is 83.3 Å². The number of ether oxygens (including phenoxy) is 1. The van der Waals surface area contributed by atoms with E-state index >= 15 is 0 Å². The van der Waals surface area contributed by atoms with Crippen molar-refractivity contribution in [1.29, 1.82) is 0 Å². The van der Waals surface area contributed by atoms with Crippen molar-refractivity contribution in [2.45, 2.75) is 13.3 Å². The smallest absolute Gasteiger partial charge is 0.150 e. The molecule has 76 valence electrons. The van der Waals surface area contributed by atoms with Crippen molar-refractivity contribution in [2.75, 3.05) is 13.2 Å². The fourth-order valence-corrected chi connectivity index (χ4v) is 1.15. The summed E-state index contributed by atoms with van der Waals surface area (Å²) in [6, 6.07) is 5.27. The van der Waals surface area contributed by atoms with Gasteiger partial charge in [-0.1, -0.05) is 0 Å². The minimum absolute atomic E-state index is 0.130. The number of aldehydes is 1. The monoisotopic (exact) mass is 194 g/mol. The summed E-state index contributed by atoms with van der Waals surface area (Å²) >= 11 is 0. The van der Waals surface area contributed by atoms with Crippen LogP contribution in [0.3, 0.4) is 0 Å². The van der Waals surface area contributed by atoms with Gasteiger partial charge in [-0.05, 0) is 30.7 Å². The average molecular weight is 194 g/mol. The van der Waals surface area contributed by atoms with Gasteiger partial charge in [0.2, 0.25) is 0 Å². The number of carbonyl (C=O) groups excluding carboxylic acids is 1. The maximum atomic E-state index is 10.5. The Bertz CT molecular complexity index is 307. The molecule has 0 aromatic heterocycles. The largest absolute Gasteiger partial charge is 0.493 e. The van der Waals surface area contributed by atoms with Crippen LogP contribution in [0.25, 0.3) is 0 Å². The third kappa shape index (κ3) is 2.85. The van der Waals surface area contributed by atoms with Crippen molar-refractivity contribution in [3.8, 4) is 5.75 Å². The van der Waals surface area contributed by atoms with Gasteiger partial charge < -0.3 is 9.84 Å². The zero-order chi connectivity index (χ0) is 10.4. The number of rotatable bonds is 5. The normalized spacial score (nSPS) is 9.86. The summed E-state index contributed by atoms with van der Waals surface area (Å²) in [4.78, 5) is 10.5. The lowest BCUT2D eigenvalue weighted by Crippen LogP contribution is -2.01. The number of aliphatic hydroxyl groups is 1. The number of benzene rings is 1. The summed E-state index contributed by atoms with van der Waals surface area (Å²) in [5.74, 6) is 0.768. The lowest BCUT2D eigenvalue weighted by Gasteiger charge is -2.08. The van der Waals surface area contributed by atoms with Crippen LogP contribution in [0.5, 0.6) is 5.75 Å². The second-order valence-electron chi connectivity index (χ2n) is 3.07. The molecule has 14 heavy (non-hydrogen) atoms. The molecule has 1 rings (SSSR count). The van der Waals surface area contributed by atoms with Crippen LogP contribution >= 0.6 is 0 Å². The van der Waals surface area contributed by atoms with Crippen LogP contribution in [-0.4, -0.2) is 24.6 Å². The number of aliphatic hydroxyl groups excluding tert-OH is 1.